The molecule has 1 amide bonds. The van der Waals surface area contributed by atoms with Crippen molar-refractivity contribution in [2.24, 2.45) is 4.99 Å². The molecule has 0 saturated carbocycles. The number of nitrogens with one attached hydrogen (secondary N) is 3. The first kappa shape index (κ1) is 23.7. The van der Waals surface area contributed by atoms with Gasteiger partial charge in [0, 0.05) is 25.2 Å². The molecule has 2 aromatic rings. The zero-order valence-corrected chi connectivity index (χ0v) is 18.3. The van der Waals surface area contributed by atoms with Gasteiger partial charge in [0.1, 0.15) is 18.2 Å². The summed E-state index contributed by atoms with van der Waals surface area (Å²) in [7, 11) is 0. The van der Waals surface area contributed by atoms with Crippen LogP contribution in [0.2, 0.25) is 0 Å². The zero-order valence-electron chi connectivity index (χ0n) is 16.0. The summed E-state index contributed by atoms with van der Waals surface area (Å²) in [6.45, 7) is 5.50. The van der Waals surface area contributed by atoms with E-state index in [9.17, 15) is 9.18 Å². The molecule has 0 atom stereocenters. The lowest BCUT2D eigenvalue weighted by atomic mass is 10.2. The second-order valence-electron chi connectivity index (χ2n) is 5.81. The standard InChI is InChI=1S/C20H25FN4O2.HI/c1-3-22-20(24-14-16-6-4-7-17(21)12-16)23-10-11-27-19-9-5-8-18(13-19)25-15(2)26;/h4-9,12-13H,3,10-11,14H2,1-2H3,(H,25,26)(H2,22,23,24);1H. The molecule has 0 saturated heterocycles. The fourth-order valence-electron chi connectivity index (χ4n) is 2.35. The number of hydrogen-bond donors (Lipinski definition) is 3. The average Bonchev–Trinajstić information content (AvgIpc) is 2.63. The molecule has 28 heavy (non-hydrogen) atoms. The van der Waals surface area contributed by atoms with Gasteiger partial charge in [0.05, 0.1) is 13.1 Å². The molecule has 3 N–H and O–H groups in total. The molecule has 0 bridgehead atoms. The Morgan fingerprint density at radius 1 is 1.14 bits per heavy atom. The predicted molar refractivity (Wildman–Crippen MR) is 121 cm³/mol. The Morgan fingerprint density at radius 2 is 1.93 bits per heavy atom. The van der Waals surface area contributed by atoms with Crippen molar-refractivity contribution < 1.29 is 13.9 Å². The number of aliphatic imine (C=N–C) groups is 1. The van der Waals surface area contributed by atoms with E-state index in [1.165, 1.54) is 19.1 Å². The van der Waals surface area contributed by atoms with Crippen LogP contribution in [0.4, 0.5) is 10.1 Å². The first-order chi connectivity index (χ1) is 13.1. The summed E-state index contributed by atoms with van der Waals surface area (Å²) < 4.78 is 18.9. The maximum absolute atomic E-state index is 13.2. The molecule has 152 valence electrons. The van der Waals surface area contributed by atoms with E-state index < -0.39 is 0 Å². The molecule has 0 aliphatic carbocycles. The molecule has 0 unspecified atom stereocenters. The minimum absolute atomic E-state index is 0. The molecule has 0 aliphatic heterocycles. The summed E-state index contributed by atoms with van der Waals surface area (Å²) in [5.41, 5.74) is 1.50. The van der Waals surface area contributed by atoms with Crippen molar-refractivity contribution >= 4 is 41.5 Å². The summed E-state index contributed by atoms with van der Waals surface area (Å²) in [6, 6.07) is 13.6. The van der Waals surface area contributed by atoms with Crippen LogP contribution in [-0.4, -0.2) is 31.6 Å². The lowest BCUT2D eigenvalue weighted by Crippen LogP contribution is -2.39. The number of nitrogens with zero attached hydrogens (tertiary/aromatic N) is 1. The lowest BCUT2D eigenvalue weighted by molar-refractivity contribution is -0.114. The highest BCUT2D eigenvalue weighted by Gasteiger charge is 2.01. The minimum atomic E-state index is -0.268. The summed E-state index contributed by atoms with van der Waals surface area (Å²) in [6.07, 6.45) is 0. The van der Waals surface area contributed by atoms with E-state index in [1.54, 1.807) is 18.2 Å². The van der Waals surface area contributed by atoms with E-state index in [1.807, 2.05) is 25.1 Å². The van der Waals surface area contributed by atoms with Crippen LogP contribution >= 0.6 is 24.0 Å². The van der Waals surface area contributed by atoms with E-state index in [2.05, 4.69) is 20.9 Å². The van der Waals surface area contributed by atoms with Crippen molar-refractivity contribution in [1.82, 2.24) is 10.6 Å². The Morgan fingerprint density at radius 3 is 2.64 bits per heavy atom. The van der Waals surface area contributed by atoms with E-state index in [4.69, 9.17) is 4.74 Å². The van der Waals surface area contributed by atoms with Gasteiger partial charge >= 0.3 is 0 Å². The van der Waals surface area contributed by atoms with Crippen molar-refractivity contribution in [3.8, 4) is 5.75 Å². The van der Waals surface area contributed by atoms with Gasteiger partial charge in [-0.3, -0.25) is 4.79 Å². The lowest BCUT2D eigenvalue weighted by Gasteiger charge is -2.12. The monoisotopic (exact) mass is 500 g/mol. The number of carbonyl (C=O) groups is 1. The van der Waals surface area contributed by atoms with Crippen LogP contribution in [0.25, 0.3) is 0 Å². The third-order valence-corrected chi connectivity index (χ3v) is 3.47. The van der Waals surface area contributed by atoms with Crippen LogP contribution in [0.15, 0.2) is 53.5 Å². The number of benzene rings is 2. The van der Waals surface area contributed by atoms with Gasteiger partial charge in [0.2, 0.25) is 5.91 Å². The molecule has 0 fully saturated rings. The van der Waals surface area contributed by atoms with Crippen molar-refractivity contribution in [2.45, 2.75) is 20.4 Å². The molecule has 0 spiro atoms. The predicted octanol–water partition coefficient (Wildman–Crippen LogP) is 3.54. The zero-order chi connectivity index (χ0) is 19.5. The third-order valence-electron chi connectivity index (χ3n) is 3.47. The molecule has 0 radical (unpaired) electrons. The van der Waals surface area contributed by atoms with Gasteiger partial charge in [-0.15, -0.1) is 24.0 Å². The number of guanidine groups is 1. The molecule has 8 heteroatoms. The van der Waals surface area contributed by atoms with Crippen LogP contribution < -0.4 is 20.7 Å². The maximum Gasteiger partial charge on any atom is 0.221 e. The first-order valence-electron chi connectivity index (χ1n) is 8.84. The Kier molecular flexibility index (Phi) is 10.9. The van der Waals surface area contributed by atoms with E-state index in [-0.39, 0.29) is 35.7 Å². The largest absolute Gasteiger partial charge is 0.492 e. The summed E-state index contributed by atoms with van der Waals surface area (Å²) in [5, 5.41) is 9.03. The van der Waals surface area contributed by atoms with Crippen molar-refractivity contribution in [3.63, 3.8) is 0 Å². The van der Waals surface area contributed by atoms with E-state index >= 15 is 0 Å². The van der Waals surface area contributed by atoms with Gasteiger partial charge < -0.3 is 20.7 Å². The number of anilines is 1. The van der Waals surface area contributed by atoms with Crippen LogP contribution in [0.5, 0.6) is 5.75 Å². The van der Waals surface area contributed by atoms with Gasteiger partial charge in [0.15, 0.2) is 5.96 Å². The fraction of sp³-hybridized carbons (Fsp3) is 0.300. The Hall–Kier alpha value is -2.36. The molecule has 6 nitrogen and oxygen atoms in total. The molecular formula is C20H26FIN4O2. The molecule has 0 heterocycles. The Bertz CT molecular complexity index is 786. The average molecular weight is 500 g/mol. The fourth-order valence-corrected chi connectivity index (χ4v) is 2.35. The van der Waals surface area contributed by atoms with Crippen LogP contribution in [0, 0.1) is 5.82 Å². The van der Waals surface area contributed by atoms with Crippen LogP contribution in [0.1, 0.15) is 19.4 Å². The number of hydrogen-bond acceptors (Lipinski definition) is 3. The van der Waals surface area contributed by atoms with Gasteiger partial charge in [-0.05, 0) is 36.8 Å². The Labute approximate surface area is 182 Å². The molecule has 2 rings (SSSR count). The third kappa shape index (κ3) is 9.03. The van der Waals surface area contributed by atoms with Gasteiger partial charge in [-0.2, -0.15) is 0 Å². The summed E-state index contributed by atoms with van der Waals surface area (Å²) >= 11 is 0. The number of carbonyl (C=O) groups excluding carboxylic acids is 1. The van der Waals surface area contributed by atoms with Gasteiger partial charge in [-0.25, -0.2) is 9.38 Å². The minimum Gasteiger partial charge on any atom is -0.492 e. The normalized spacial score (nSPS) is 10.6. The van der Waals surface area contributed by atoms with Crippen molar-refractivity contribution in [1.29, 1.82) is 0 Å². The molecule has 0 aliphatic rings. The van der Waals surface area contributed by atoms with Crippen molar-refractivity contribution in [3.05, 3.63) is 59.9 Å². The first-order valence-corrected chi connectivity index (χ1v) is 8.84. The van der Waals surface area contributed by atoms with E-state index in [0.717, 1.165) is 5.56 Å². The number of ether oxygens (including phenoxy) is 1. The molecule has 0 aromatic heterocycles. The number of halogens is 2. The summed E-state index contributed by atoms with van der Waals surface area (Å²) in [5.74, 6) is 0.913. The maximum atomic E-state index is 13.2. The highest BCUT2D eigenvalue weighted by atomic mass is 127. The quantitative estimate of drug-likeness (QED) is 0.225. The number of amides is 1. The topological polar surface area (TPSA) is 74.8 Å². The second-order valence-corrected chi connectivity index (χ2v) is 5.81. The van der Waals surface area contributed by atoms with Crippen molar-refractivity contribution in [2.75, 3.05) is 25.0 Å². The second kappa shape index (κ2) is 12.9. The van der Waals surface area contributed by atoms with E-state index in [0.29, 0.717) is 43.6 Å². The van der Waals surface area contributed by atoms with Gasteiger partial charge in [0.25, 0.3) is 0 Å². The Balaban J connectivity index is 0.00000392. The highest BCUT2D eigenvalue weighted by molar-refractivity contribution is 14.0. The SMILES string of the molecule is CCNC(=NCc1cccc(F)c1)NCCOc1cccc(NC(C)=O)c1.I. The highest BCUT2D eigenvalue weighted by Crippen LogP contribution is 2.17. The van der Waals surface area contributed by atoms with Crippen LogP contribution in [0.3, 0.4) is 0 Å². The van der Waals surface area contributed by atoms with Crippen LogP contribution in [-0.2, 0) is 11.3 Å². The molecule has 2 aromatic carbocycles. The summed E-state index contributed by atoms with van der Waals surface area (Å²) in [4.78, 5) is 15.5. The molecular weight excluding hydrogens is 474 g/mol. The number of rotatable bonds is 8. The smallest absolute Gasteiger partial charge is 0.221 e. The van der Waals surface area contributed by atoms with Gasteiger partial charge in [-0.1, -0.05) is 18.2 Å².